The van der Waals surface area contributed by atoms with Crippen molar-refractivity contribution in [3.63, 3.8) is 0 Å². The van der Waals surface area contributed by atoms with Crippen molar-refractivity contribution in [1.29, 1.82) is 0 Å². The lowest BCUT2D eigenvalue weighted by Gasteiger charge is -2.25. The molecule has 0 aliphatic carbocycles. The van der Waals surface area contributed by atoms with Crippen molar-refractivity contribution in [2.45, 2.75) is 134 Å². The highest BCUT2D eigenvalue weighted by Gasteiger charge is 2.41. The van der Waals surface area contributed by atoms with E-state index in [9.17, 15) is 38.7 Å². The summed E-state index contributed by atoms with van der Waals surface area (Å²) in [6, 6.07) is -3.51. The summed E-state index contributed by atoms with van der Waals surface area (Å²) in [4.78, 5) is 85.0. The van der Waals surface area contributed by atoms with Crippen molar-refractivity contribution in [1.82, 2.24) is 16.0 Å². The molecule has 0 heterocycles. The average molecular weight is 629 g/mol. The van der Waals surface area contributed by atoms with Gasteiger partial charge >= 0.3 is 5.97 Å². The number of nitrogens with one attached hydrogen (secondary N) is 3. The number of hydrogen-bond acceptors (Lipinski definition) is 9. The fraction of sp³-hybridized carbons (Fsp3) is 0.759. The second-order valence-corrected chi connectivity index (χ2v) is 11.2. The Balaban J connectivity index is 4.84. The minimum atomic E-state index is -2.39. The molecule has 0 aromatic rings. The Bertz CT molecular complexity index is 1000. The van der Waals surface area contributed by atoms with Gasteiger partial charge in [-0.2, -0.15) is 0 Å². The van der Waals surface area contributed by atoms with Crippen molar-refractivity contribution in [2.75, 3.05) is 6.54 Å². The first-order valence-corrected chi connectivity index (χ1v) is 15.4. The predicted octanol–water partition coefficient (Wildman–Crippen LogP) is -0.387. The summed E-state index contributed by atoms with van der Waals surface area (Å²) in [6.07, 6.45) is 8.62. The number of unbranched alkanes of at least 4 members (excludes halogenated alkanes) is 8. The number of primary amides is 2. The van der Waals surface area contributed by atoms with E-state index in [1.807, 2.05) is 5.73 Å². The lowest BCUT2D eigenvalue weighted by molar-refractivity contribution is -0.149. The molecule has 0 radical (unpaired) electrons. The zero-order chi connectivity index (χ0) is 34.4. The number of amides is 5. The molecule has 44 heavy (non-hydrogen) atoms. The van der Waals surface area contributed by atoms with E-state index in [0.29, 0.717) is 6.42 Å². The number of hydrogen-bond donors (Lipinski definition) is 8. The molecule has 0 aromatic carbocycles. The molecule has 0 rings (SSSR count). The first-order valence-electron chi connectivity index (χ1n) is 15.9. The molecule has 0 aliphatic heterocycles. The number of carboxylic acid groups (broad SMARTS) is 1. The first kappa shape index (κ1) is 38.4. The van der Waals surface area contributed by atoms with Crippen molar-refractivity contribution in [3.05, 3.63) is 0 Å². The van der Waals surface area contributed by atoms with Gasteiger partial charge in [-0.05, 0) is 39.0 Å². The van der Waals surface area contributed by atoms with E-state index in [4.69, 9.17) is 18.6 Å². The van der Waals surface area contributed by atoms with Crippen molar-refractivity contribution in [2.24, 2.45) is 22.9 Å². The SMILES string of the molecule is [2H]NCC(=O)NC(CCCC(N)(C(=O)O)C(=O)CC[C@@H](NC(=O)[C@H](C)NC(=O)CCCCCCCCCCC)C(N)=O)C(N)=O. The Morgan fingerprint density at radius 2 is 1.30 bits per heavy atom. The zero-order valence-corrected chi connectivity index (χ0v) is 26.1. The molecule has 0 aromatic heterocycles. The number of carbonyl (C=O) groups excluding carboxylic acids is 6. The Labute approximate surface area is 260 Å². The van der Waals surface area contributed by atoms with Crippen LogP contribution in [0.5, 0.6) is 0 Å². The molecule has 0 aliphatic rings. The van der Waals surface area contributed by atoms with Gasteiger partial charge in [-0.1, -0.05) is 58.3 Å². The highest BCUT2D eigenvalue weighted by atomic mass is 16.4. The number of carboxylic acids is 1. The van der Waals surface area contributed by atoms with E-state index in [2.05, 4.69) is 22.9 Å². The predicted molar refractivity (Wildman–Crippen MR) is 163 cm³/mol. The summed E-state index contributed by atoms with van der Waals surface area (Å²) in [5.74, 6) is -6.16. The topological polar surface area (TPSA) is 280 Å². The number of ketones is 1. The van der Waals surface area contributed by atoms with Crippen LogP contribution in [0.2, 0.25) is 1.41 Å². The van der Waals surface area contributed by atoms with E-state index in [1.165, 1.54) is 39.0 Å². The van der Waals surface area contributed by atoms with E-state index in [0.717, 1.165) is 19.3 Å². The molecule has 0 saturated carbocycles. The van der Waals surface area contributed by atoms with Crippen molar-refractivity contribution < 1.29 is 40.1 Å². The molecule has 15 heteroatoms. The van der Waals surface area contributed by atoms with E-state index < -0.39 is 78.4 Å². The summed E-state index contributed by atoms with van der Waals surface area (Å²) in [7, 11) is 0. The minimum Gasteiger partial charge on any atom is -0.480 e. The minimum absolute atomic E-state index is 0.0943. The normalized spacial score (nSPS) is 14.7. The third-order valence-electron chi connectivity index (χ3n) is 7.38. The summed E-state index contributed by atoms with van der Waals surface area (Å²) in [6.45, 7) is 3.21. The number of Topliss-reactive ketones (excluding diaryl/α,β-unsaturated/α-hetero) is 1. The van der Waals surface area contributed by atoms with Crippen LogP contribution in [0.15, 0.2) is 0 Å². The van der Waals surface area contributed by atoms with Gasteiger partial charge in [0.1, 0.15) is 19.5 Å². The van der Waals surface area contributed by atoms with E-state index in [-0.39, 0.29) is 31.6 Å². The van der Waals surface area contributed by atoms with Crippen LogP contribution in [0.25, 0.3) is 0 Å². The van der Waals surface area contributed by atoms with Gasteiger partial charge in [0.25, 0.3) is 0 Å². The van der Waals surface area contributed by atoms with Crippen LogP contribution in [-0.4, -0.2) is 76.6 Å². The highest BCUT2D eigenvalue weighted by molar-refractivity contribution is 6.07. The van der Waals surface area contributed by atoms with Crippen molar-refractivity contribution >= 4 is 41.3 Å². The van der Waals surface area contributed by atoms with Crippen LogP contribution in [0, 0.1) is 0 Å². The quantitative estimate of drug-likeness (QED) is 0.0431. The molecule has 4 atom stereocenters. The van der Waals surface area contributed by atoms with Crippen LogP contribution in [-0.2, 0) is 33.6 Å². The lowest BCUT2D eigenvalue weighted by atomic mass is 9.85. The highest BCUT2D eigenvalue weighted by Crippen LogP contribution is 2.18. The second-order valence-electron chi connectivity index (χ2n) is 11.2. The number of carbonyl (C=O) groups is 7. The molecule has 252 valence electrons. The summed E-state index contributed by atoms with van der Waals surface area (Å²) in [5, 5.41) is 16.9. The van der Waals surface area contributed by atoms with Gasteiger partial charge in [-0.25, -0.2) is 4.79 Å². The van der Waals surface area contributed by atoms with Gasteiger partial charge in [0, 0.05) is 12.8 Å². The molecule has 15 nitrogen and oxygen atoms in total. The van der Waals surface area contributed by atoms with Crippen LogP contribution in [0.4, 0.5) is 0 Å². The Morgan fingerprint density at radius 3 is 1.82 bits per heavy atom. The number of rotatable bonds is 27. The van der Waals surface area contributed by atoms with Crippen LogP contribution in [0.3, 0.4) is 0 Å². The smallest absolute Gasteiger partial charge is 0.331 e. The molecule has 0 bridgehead atoms. The van der Waals surface area contributed by atoms with Gasteiger partial charge in [-0.15, -0.1) is 0 Å². The van der Waals surface area contributed by atoms with Gasteiger partial charge in [0.15, 0.2) is 11.3 Å². The fourth-order valence-electron chi connectivity index (χ4n) is 4.54. The lowest BCUT2D eigenvalue weighted by Crippen LogP contribution is -2.56. The number of nitrogens with two attached hydrogens (primary N) is 4. The Hall–Kier alpha value is -3.59. The summed E-state index contributed by atoms with van der Waals surface area (Å²) < 4.78 is 6.82. The molecule has 0 saturated heterocycles. The monoisotopic (exact) mass is 628 g/mol. The molecule has 0 spiro atoms. The van der Waals surface area contributed by atoms with Crippen LogP contribution in [0.1, 0.15) is 110 Å². The molecular formula is C29H53N7O8. The largest absolute Gasteiger partial charge is 0.480 e. The molecule has 2 unspecified atom stereocenters. The van der Waals surface area contributed by atoms with Gasteiger partial charge < -0.3 is 44.0 Å². The summed E-state index contributed by atoms with van der Waals surface area (Å²) >= 11 is 0. The molecular weight excluding hydrogens is 574 g/mol. The summed E-state index contributed by atoms with van der Waals surface area (Å²) in [5.41, 5.74) is 16.0. The maximum atomic E-state index is 12.9. The maximum absolute atomic E-state index is 12.9. The third-order valence-corrected chi connectivity index (χ3v) is 7.38. The maximum Gasteiger partial charge on any atom is 0.331 e. The molecule has 5 amide bonds. The second kappa shape index (κ2) is 22.0. The molecule has 0 fully saturated rings. The Kier molecular flexibility index (Phi) is 19.2. The Morgan fingerprint density at radius 1 is 0.750 bits per heavy atom. The van der Waals surface area contributed by atoms with E-state index >= 15 is 0 Å². The van der Waals surface area contributed by atoms with E-state index in [1.54, 1.807) is 0 Å². The zero-order valence-electron chi connectivity index (χ0n) is 27.1. The average Bonchev–Trinajstić information content (AvgIpc) is 2.97. The van der Waals surface area contributed by atoms with Gasteiger partial charge in [0.05, 0.1) is 6.54 Å². The standard InChI is InChI=1S/C29H53N7O8/c1-3-4-5-6-7-8-9-10-11-14-23(38)34-19(2)27(42)36-21(26(32)41)15-16-22(37)29(33,28(43)44)17-12-13-20(25(31)40)35-24(39)18-30/h19-21H,3-18,30,33H2,1-2H3,(H2,31,40)(H2,32,41)(H,34,38)(H,35,39)(H,36,42)(H,43,44)/t19-,20?,21+,29?/m0/s1/i/hD. The fourth-order valence-corrected chi connectivity index (χ4v) is 4.54. The van der Waals surface area contributed by atoms with Gasteiger partial charge in [0.2, 0.25) is 29.5 Å². The number of aliphatic carboxylic acids is 1. The van der Waals surface area contributed by atoms with Gasteiger partial charge in [-0.3, -0.25) is 28.8 Å². The third kappa shape index (κ3) is 16.3. The molecule has 12 N–H and O–H groups in total. The van der Waals surface area contributed by atoms with Crippen LogP contribution < -0.4 is 38.9 Å². The van der Waals surface area contributed by atoms with Crippen LogP contribution >= 0.6 is 0 Å². The van der Waals surface area contributed by atoms with Crippen molar-refractivity contribution in [3.8, 4) is 0 Å². The first-order chi connectivity index (χ1) is 21.2.